The number of ether oxygens (including phenoxy) is 1. The highest BCUT2D eigenvalue weighted by Crippen LogP contribution is 2.29. The van der Waals surface area contributed by atoms with Crippen molar-refractivity contribution < 1.29 is 13.2 Å². The van der Waals surface area contributed by atoms with Crippen molar-refractivity contribution in [2.24, 2.45) is 0 Å². The van der Waals surface area contributed by atoms with Crippen molar-refractivity contribution >= 4 is 10.0 Å². The van der Waals surface area contributed by atoms with Gasteiger partial charge in [0.25, 0.3) is 5.88 Å². The molecule has 1 aliphatic rings. The third kappa shape index (κ3) is 4.57. The Labute approximate surface area is 172 Å². The summed E-state index contributed by atoms with van der Waals surface area (Å²) in [5.41, 5.74) is 3.70. The van der Waals surface area contributed by atoms with Crippen molar-refractivity contribution in [3.8, 4) is 11.9 Å². The summed E-state index contributed by atoms with van der Waals surface area (Å²) in [5.74, 6) is 0.237. The van der Waals surface area contributed by atoms with Crippen LogP contribution < -0.4 is 9.46 Å². The summed E-state index contributed by atoms with van der Waals surface area (Å²) in [6.45, 7) is 7.58. The number of rotatable bonds is 5. The van der Waals surface area contributed by atoms with Gasteiger partial charge in [-0.3, -0.25) is 0 Å². The van der Waals surface area contributed by atoms with Gasteiger partial charge in [-0.15, -0.1) is 0 Å². The Hall–Kier alpha value is -2.50. The topological polar surface area (TPSA) is 105 Å². The first-order valence-corrected chi connectivity index (χ1v) is 11.2. The van der Waals surface area contributed by atoms with Crippen LogP contribution in [0.1, 0.15) is 53.6 Å². The number of aromatic nitrogens is 2. The van der Waals surface area contributed by atoms with Crippen molar-refractivity contribution in [1.82, 2.24) is 14.7 Å². The molecule has 2 aromatic rings. The largest absolute Gasteiger partial charge is 0.472 e. The minimum Gasteiger partial charge on any atom is -0.472 e. The van der Waals surface area contributed by atoms with Crippen LogP contribution in [-0.4, -0.2) is 30.5 Å². The molecule has 1 aromatic carbocycles. The number of aryl methyl sites for hydroxylation is 2. The summed E-state index contributed by atoms with van der Waals surface area (Å²) in [4.78, 5) is 8.42. The Bertz CT molecular complexity index is 1030. The molecule has 0 unspecified atom stereocenters. The summed E-state index contributed by atoms with van der Waals surface area (Å²) in [7, 11) is -3.61. The zero-order valence-electron chi connectivity index (χ0n) is 17.2. The third-order valence-electron chi connectivity index (χ3n) is 5.61. The van der Waals surface area contributed by atoms with E-state index in [1.807, 2.05) is 39.8 Å². The number of nitrogens with zero attached hydrogens (tertiary/aromatic N) is 3. The monoisotopic (exact) mass is 414 g/mol. The quantitative estimate of drug-likeness (QED) is 0.805. The van der Waals surface area contributed by atoms with Crippen LogP contribution in [0.25, 0.3) is 0 Å². The molecule has 1 aliphatic carbocycles. The van der Waals surface area contributed by atoms with Crippen LogP contribution in [0, 0.1) is 39.0 Å². The van der Waals surface area contributed by atoms with Gasteiger partial charge in [-0.05, 0) is 75.6 Å². The molecule has 0 spiro atoms. The molecule has 0 atom stereocenters. The molecule has 3 rings (SSSR count). The summed E-state index contributed by atoms with van der Waals surface area (Å²) in [6, 6.07) is 3.85. The van der Waals surface area contributed by atoms with Gasteiger partial charge in [0.1, 0.15) is 12.2 Å². The molecular formula is C21H26N4O3S. The van der Waals surface area contributed by atoms with Gasteiger partial charge in [-0.1, -0.05) is 6.07 Å². The van der Waals surface area contributed by atoms with Crippen LogP contribution in [0.4, 0.5) is 0 Å². The van der Waals surface area contributed by atoms with E-state index in [9.17, 15) is 8.42 Å². The molecule has 1 fully saturated rings. The molecule has 0 radical (unpaired) electrons. The maximum Gasteiger partial charge on any atom is 0.251 e. The maximum atomic E-state index is 13.1. The molecule has 1 saturated carbocycles. The highest BCUT2D eigenvalue weighted by atomic mass is 32.2. The van der Waals surface area contributed by atoms with Crippen LogP contribution in [0.5, 0.6) is 5.88 Å². The van der Waals surface area contributed by atoms with Crippen LogP contribution in [0.3, 0.4) is 0 Å². The van der Waals surface area contributed by atoms with E-state index < -0.39 is 10.0 Å². The smallest absolute Gasteiger partial charge is 0.251 e. The first-order valence-electron chi connectivity index (χ1n) is 9.70. The molecular weight excluding hydrogens is 388 g/mol. The van der Waals surface area contributed by atoms with Gasteiger partial charge in [-0.25, -0.2) is 23.1 Å². The first kappa shape index (κ1) is 21.2. The number of hydrogen-bond donors (Lipinski definition) is 1. The van der Waals surface area contributed by atoms with E-state index in [2.05, 4.69) is 14.7 Å². The molecule has 1 N–H and O–H groups in total. The van der Waals surface area contributed by atoms with E-state index in [-0.39, 0.29) is 23.7 Å². The fourth-order valence-electron chi connectivity index (χ4n) is 3.81. The lowest BCUT2D eigenvalue weighted by Gasteiger charge is -2.29. The number of nitriles is 1. The van der Waals surface area contributed by atoms with Crippen molar-refractivity contribution in [2.45, 2.75) is 70.4 Å². The van der Waals surface area contributed by atoms with E-state index in [0.717, 1.165) is 22.3 Å². The Morgan fingerprint density at radius 2 is 1.62 bits per heavy atom. The molecule has 0 saturated heterocycles. The second kappa shape index (κ2) is 8.47. The molecule has 1 aromatic heterocycles. The van der Waals surface area contributed by atoms with Gasteiger partial charge in [0.15, 0.2) is 0 Å². The van der Waals surface area contributed by atoms with E-state index in [4.69, 9.17) is 10.00 Å². The summed E-state index contributed by atoms with van der Waals surface area (Å²) >= 11 is 0. The highest BCUT2D eigenvalue weighted by molar-refractivity contribution is 7.89. The third-order valence-corrected chi connectivity index (χ3v) is 7.40. The molecule has 0 amide bonds. The number of sulfonamides is 1. The zero-order chi connectivity index (χ0) is 21.2. The lowest BCUT2D eigenvalue weighted by Crippen LogP contribution is -2.40. The van der Waals surface area contributed by atoms with E-state index in [1.54, 1.807) is 0 Å². The number of nitrogens with one attached hydrogen (secondary N) is 1. The minimum absolute atomic E-state index is 0.107. The van der Waals surface area contributed by atoms with Crippen molar-refractivity contribution in [3.63, 3.8) is 0 Å². The maximum absolute atomic E-state index is 13.1. The fourth-order valence-corrected chi connectivity index (χ4v) is 5.73. The number of hydrogen-bond acceptors (Lipinski definition) is 6. The van der Waals surface area contributed by atoms with Crippen LogP contribution >= 0.6 is 0 Å². The van der Waals surface area contributed by atoms with Gasteiger partial charge >= 0.3 is 0 Å². The van der Waals surface area contributed by atoms with E-state index >= 15 is 0 Å². The van der Waals surface area contributed by atoms with Crippen molar-refractivity contribution in [2.75, 3.05) is 0 Å². The minimum atomic E-state index is -3.61. The fraction of sp³-hybridized carbons (Fsp3) is 0.476. The molecule has 1 heterocycles. The summed E-state index contributed by atoms with van der Waals surface area (Å²) in [6.07, 6.45) is 5.52. The standard InChI is InChI=1S/C21H26N4O3S/c1-13-11-14(2)16(4)20(15(13)3)29(26,27)25-17-5-7-18(8-6-17)28-21-19(12-22)23-9-10-24-21/h9-11,17-18,25H,5-8H2,1-4H3. The average Bonchev–Trinajstić information content (AvgIpc) is 2.68. The lowest BCUT2D eigenvalue weighted by atomic mass is 9.94. The highest BCUT2D eigenvalue weighted by Gasteiger charge is 2.29. The Morgan fingerprint density at radius 1 is 1.03 bits per heavy atom. The second-order valence-corrected chi connectivity index (χ2v) is 9.27. The molecule has 29 heavy (non-hydrogen) atoms. The van der Waals surface area contributed by atoms with Crippen LogP contribution in [0.2, 0.25) is 0 Å². The van der Waals surface area contributed by atoms with Gasteiger partial charge in [0.2, 0.25) is 15.7 Å². The molecule has 0 aliphatic heterocycles. The Morgan fingerprint density at radius 3 is 2.21 bits per heavy atom. The van der Waals surface area contributed by atoms with Crippen LogP contribution in [0.15, 0.2) is 23.4 Å². The zero-order valence-corrected chi connectivity index (χ0v) is 18.0. The Balaban J connectivity index is 1.67. The van der Waals surface area contributed by atoms with E-state index in [1.165, 1.54) is 12.4 Å². The predicted octanol–water partition coefficient (Wildman–Crippen LogP) is 3.25. The Kier molecular flexibility index (Phi) is 6.20. The second-order valence-electron chi connectivity index (χ2n) is 7.62. The normalized spacial score (nSPS) is 19.6. The lowest BCUT2D eigenvalue weighted by molar-refractivity contribution is 0.137. The summed E-state index contributed by atoms with van der Waals surface area (Å²) < 4.78 is 34.9. The van der Waals surface area contributed by atoms with Crippen LogP contribution in [-0.2, 0) is 10.0 Å². The van der Waals surface area contributed by atoms with Gasteiger partial charge in [-0.2, -0.15) is 5.26 Å². The van der Waals surface area contributed by atoms with Gasteiger partial charge < -0.3 is 4.74 Å². The van der Waals surface area contributed by atoms with Gasteiger partial charge in [0.05, 0.1) is 4.90 Å². The summed E-state index contributed by atoms with van der Waals surface area (Å²) in [5, 5.41) is 9.10. The molecule has 8 heteroatoms. The predicted molar refractivity (Wildman–Crippen MR) is 109 cm³/mol. The first-order chi connectivity index (χ1) is 13.7. The molecule has 154 valence electrons. The molecule has 0 bridgehead atoms. The van der Waals surface area contributed by atoms with Gasteiger partial charge in [0, 0.05) is 18.4 Å². The number of benzene rings is 1. The van der Waals surface area contributed by atoms with Crippen molar-refractivity contribution in [1.29, 1.82) is 5.26 Å². The average molecular weight is 415 g/mol. The SMILES string of the molecule is Cc1cc(C)c(C)c(S(=O)(=O)NC2CCC(Oc3nccnc3C#N)CC2)c1C. The van der Waals surface area contributed by atoms with Crippen molar-refractivity contribution in [3.05, 3.63) is 46.4 Å². The van der Waals surface area contributed by atoms with E-state index in [0.29, 0.717) is 30.6 Å². The molecule has 7 nitrogen and oxygen atoms in total.